The molecule has 0 saturated carbocycles. The summed E-state index contributed by atoms with van der Waals surface area (Å²) in [4.78, 5) is 0. The molecule has 0 aliphatic heterocycles. The van der Waals surface area contributed by atoms with E-state index >= 15 is 0 Å². The number of hydrogen-bond acceptors (Lipinski definition) is 3. The van der Waals surface area contributed by atoms with Crippen molar-refractivity contribution >= 4 is 18.3 Å². The number of thiol groups is 1. The molecule has 0 amide bonds. The molecule has 0 bridgehead atoms. The molecule has 2 nitrogen and oxygen atoms in total. The molecule has 3 heteroatoms. The van der Waals surface area contributed by atoms with Crippen LogP contribution in [0.25, 0.3) is 0 Å². The maximum absolute atomic E-state index is 4.86. The molecule has 1 N–H and O–H groups in total. The number of furan rings is 1. The summed E-state index contributed by atoms with van der Waals surface area (Å²) >= 11 is 4.00. The Morgan fingerprint density at radius 3 is 2.75 bits per heavy atom. The fraction of sp³-hybridized carbons (Fsp3) is 0.200. The normalized spacial score (nSPS) is 9.25. The first-order chi connectivity index (χ1) is 3.84. The number of hydrogen-bond donors (Lipinski definition) is 2. The predicted molar refractivity (Wildman–Crippen MR) is 35.5 cm³/mol. The Kier molecular flexibility index (Phi) is 1.48. The first kappa shape index (κ1) is 5.56. The predicted octanol–water partition coefficient (Wildman–Crippen LogP) is 1.61. The molecule has 1 heterocycles. The summed E-state index contributed by atoms with van der Waals surface area (Å²) in [7, 11) is 1.82. The van der Waals surface area contributed by atoms with Crippen molar-refractivity contribution in [2.75, 3.05) is 12.4 Å². The topological polar surface area (TPSA) is 25.2 Å². The van der Waals surface area contributed by atoms with Crippen molar-refractivity contribution in [2.45, 2.75) is 5.09 Å². The largest absolute Gasteiger partial charge is 0.456 e. The average Bonchev–Trinajstić information content (AvgIpc) is 2.14. The van der Waals surface area contributed by atoms with Crippen molar-refractivity contribution in [2.24, 2.45) is 0 Å². The summed E-state index contributed by atoms with van der Waals surface area (Å²) in [6.45, 7) is 0. The minimum Gasteiger partial charge on any atom is -0.456 e. The Bertz CT molecular complexity index is 173. The van der Waals surface area contributed by atoms with E-state index < -0.39 is 0 Å². The van der Waals surface area contributed by atoms with Crippen molar-refractivity contribution in [1.29, 1.82) is 0 Å². The van der Waals surface area contributed by atoms with Gasteiger partial charge in [-0.15, -0.1) is 12.6 Å². The van der Waals surface area contributed by atoms with Crippen molar-refractivity contribution in [1.82, 2.24) is 0 Å². The third-order valence-corrected chi connectivity index (χ3v) is 1.26. The van der Waals surface area contributed by atoms with Crippen LogP contribution >= 0.6 is 12.6 Å². The van der Waals surface area contributed by atoms with Crippen LogP contribution in [-0.4, -0.2) is 7.05 Å². The van der Waals surface area contributed by atoms with Gasteiger partial charge in [-0.25, -0.2) is 0 Å². The molecule has 44 valence electrons. The first-order valence-electron chi connectivity index (χ1n) is 2.29. The second kappa shape index (κ2) is 2.13. The third-order valence-electron chi connectivity index (χ3n) is 0.914. The van der Waals surface area contributed by atoms with E-state index in [0.717, 1.165) is 5.69 Å². The lowest BCUT2D eigenvalue weighted by atomic mass is 10.5. The summed E-state index contributed by atoms with van der Waals surface area (Å²) in [5, 5.41) is 3.54. The number of anilines is 1. The molecule has 0 aliphatic rings. The van der Waals surface area contributed by atoms with Gasteiger partial charge in [-0.3, -0.25) is 0 Å². The van der Waals surface area contributed by atoms with Gasteiger partial charge in [-0.1, -0.05) is 0 Å². The maximum Gasteiger partial charge on any atom is 0.180 e. The van der Waals surface area contributed by atoms with Gasteiger partial charge in [0.2, 0.25) is 0 Å². The van der Waals surface area contributed by atoms with Crippen LogP contribution < -0.4 is 5.32 Å². The lowest BCUT2D eigenvalue weighted by Gasteiger charge is -1.90. The zero-order chi connectivity index (χ0) is 5.98. The van der Waals surface area contributed by atoms with Gasteiger partial charge in [0.15, 0.2) is 5.09 Å². The van der Waals surface area contributed by atoms with Gasteiger partial charge in [-0.05, 0) is 0 Å². The van der Waals surface area contributed by atoms with E-state index in [1.165, 1.54) is 0 Å². The highest BCUT2D eigenvalue weighted by Crippen LogP contribution is 2.18. The van der Waals surface area contributed by atoms with Gasteiger partial charge < -0.3 is 9.73 Å². The van der Waals surface area contributed by atoms with Crippen molar-refractivity contribution in [3.8, 4) is 0 Å². The van der Waals surface area contributed by atoms with E-state index in [2.05, 4.69) is 17.9 Å². The van der Waals surface area contributed by atoms with Crippen LogP contribution in [0.5, 0.6) is 0 Å². The smallest absolute Gasteiger partial charge is 0.180 e. The molecule has 1 aromatic rings. The van der Waals surface area contributed by atoms with E-state index in [1.54, 1.807) is 6.26 Å². The highest BCUT2D eigenvalue weighted by Gasteiger charge is 1.94. The van der Waals surface area contributed by atoms with Crippen LogP contribution in [0.1, 0.15) is 0 Å². The molecule has 0 spiro atoms. The van der Waals surface area contributed by atoms with Gasteiger partial charge in [0.05, 0.1) is 12.0 Å². The van der Waals surface area contributed by atoms with Gasteiger partial charge >= 0.3 is 0 Å². The van der Waals surface area contributed by atoms with E-state index in [-0.39, 0.29) is 0 Å². The SMILES string of the molecule is CNc1ccoc1S. The summed E-state index contributed by atoms with van der Waals surface area (Å²) in [6, 6.07) is 1.82. The lowest BCUT2D eigenvalue weighted by Crippen LogP contribution is -1.83. The molecular formula is C5H7NOS. The summed E-state index contributed by atoms with van der Waals surface area (Å²) in [5.74, 6) is 0. The standard InChI is InChI=1S/C5H7NOS/c1-6-4-2-3-7-5(4)8/h2-3,6,8H,1H3. The zero-order valence-electron chi connectivity index (χ0n) is 4.51. The second-order valence-corrected chi connectivity index (χ2v) is 1.80. The molecule has 0 radical (unpaired) electrons. The van der Waals surface area contributed by atoms with Crippen LogP contribution in [0.4, 0.5) is 5.69 Å². The van der Waals surface area contributed by atoms with Crippen LogP contribution in [0.3, 0.4) is 0 Å². The molecule has 0 saturated heterocycles. The molecule has 0 unspecified atom stereocenters. The fourth-order valence-corrected chi connectivity index (χ4v) is 0.739. The Balaban J connectivity index is 2.92. The molecule has 1 aromatic heterocycles. The number of rotatable bonds is 1. The summed E-state index contributed by atoms with van der Waals surface area (Å²) in [5.41, 5.74) is 0.924. The van der Waals surface area contributed by atoms with Gasteiger partial charge in [0, 0.05) is 13.1 Å². The van der Waals surface area contributed by atoms with Crippen LogP contribution in [-0.2, 0) is 0 Å². The van der Waals surface area contributed by atoms with Crippen molar-refractivity contribution < 1.29 is 4.42 Å². The molecule has 0 aliphatic carbocycles. The summed E-state index contributed by atoms with van der Waals surface area (Å²) < 4.78 is 4.86. The first-order valence-corrected chi connectivity index (χ1v) is 2.73. The molecule has 1 rings (SSSR count). The van der Waals surface area contributed by atoms with Crippen molar-refractivity contribution in [3.05, 3.63) is 12.3 Å². The molecule has 0 atom stereocenters. The van der Waals surface area contributed by atoms with Crippen molar-refractivity contribution in [3.63, 3.8) is 0 Å². The molecule has 0 aromatic carbocycles. The maximum atomic E-state index is 4.86. The minimum atomic E-state index is 0.632. The second-order valence-electron chi connectivity index (χ2n) is 1.39. The Morgan fingerprint density at radius 2 is 2.50 bits per heavy atom. The Labute approximate surface area is 53.3 Å². The Morgan fingerprint density at radius 1 is 1.75 bits per heavy atom. The van der Waals surface area contributed by atoms with E-state index in [0.29, 0.717) is 5.09 Å². The van der Waals surface area contributed by atoms with E-state index in [1.807, 2.05) is 13.1 Å². The highest BCUT2D eigenvalue weighted by atomic mass is 32.1. The van der Waals surface area contributed by atoms with Gasteiger partial charge in [0.1, 0.15) is 0 Å². The molecule has 0 fully saturated rings. The third kappa shape index (κ3) is 0.816. The Hall–Kier alpha value is -0.570. The number of nitrogens with one attached hydrogen (secondary N) is 1. The minimum absolute atomic E-state index is 0.632. The monoisotopic (exact) mass is 129 g/mol. The lowest BCUT2D eigenvalue weighted by molar-refractivity contribution is 0.478. The van der Waals surface area contributed by atoms with Gasteiger partial charge in [0.25, 0.3) is 0 Å². The summed E-state index contributed by atoms with van der Waals surface area (Å²) in [6.07, 6.45) is 1.59. The van der Waals surface area contributed by atoms with E-state index in [4.69, 9.17) is 4.42 Å². The fourth-order valence-electron chi connectivity index (χ4n) is 0.492. The van der Waals surface area contributed by atoms with Gasteiger partial charge in [-0.2, -0.15) is 0 Å². The molecular weight excluding hydrogens is 122 g/mol. The highest BCUT2D eigenvalue weighted by molar-refractivity contribution is 7.80. The zero-order valence-corrected chi connectivity index (χ0v) is 5.40. The van der Waals surface area contributed by atoms with E-state index in [9.17, 15) is 0 Å². The van der Waals surface area contributed by atoms with Crippen LogP contribution in [0.2, 0.25) is 0 Å². The van der Waals surface area contributed by atoms with Crippen LogP contribution in [0.15, 0.2) is 21.8 Å². The average molecular weight is 129 g/mol. The van der Waals surface area contributed by atoms with Crippen LogP contribution in [0, 0.1) is 0 Å². The molecule has 8 heavy (non-hydrogen) atoms. The quantitative estimate of drug-likeness (QED) is 0.563.